The van der Waals surface area contributed by atoms with E-state index in [1.54, 1.807) is 0 Å². The van der Waals surface area contributed by atoms with Crippen LogP contribution in [0.1, 0.15) is 12.7 Å². The highest BCUT2D eigenvalue weighted by Crippen LogP contribution is 2.21. The van der Waals surface area contributed by atoms with E-state index in [0.717, 1.165) is 23.1 Å². The molecule has 2 nitrogen and oxygen atoms in total. The maximum Gasteiger partial charge on any atom is 0.137 e. The van der Waals surface area contributed by atoms with Crippen molar-refractivity contribution >= 4 is 33.9 Å². The summed E-state index contributed by atoms with van der Waals surface area (Å²) in [6.07, 6.45) is 0.867. The average molecular weight is 240 g/mol. The summed E-state index contributed by atoms with van der Waals surface area (Å²) in [6, 6.07) is 12.5. The number of benzene rings is 2. The number of nitrogens with one attached hydrogen (secondary N) is 1. The van der Waals surface area contributed by atoms with E-state index in [-0.39, 0.29) is 0 Å². The molecule has 0 spiro atoms. The largest absolute Gasteiger partial charge is 0.343 e. The van der Waals surface area contributed by atoms with Crippen LogP contribution >= 0.6 is 12.2 Å². The maximum absolute atomic E-state index is 5.34. The van der Waals surface area contributed by atoms with Crippen molar-refractivity contribution in [2.75, 3.05) is 0 Å². The predicted molar refractivity (Wildman–Crippen MR) is 73.8 cm³/mol. The smallest absolute Gasteiger partial charge is 0.137 e. The van der Waals surface area contributed by atoms with E-state index in [1.165, 1.54) is 10.8 Å². The molecule has 1 heterocycles. The number of rotatable bonds is 1. The molecule has 3 rings (SSSR count). The minimum Gasteiger partial charge on any atom is -0.343 e. The van der Waals surface area contributed by atoms with Gasteiger partial charge in [0.2, 0.25) is 0 Å². The fourth-order valence-electron chi connectivity index (χ4n) is 2.05. The van der Waals surface area contributed by atoms with E-state index in [4.69, 9.17) is 12.2 Å². The predicted octanol–water partition coefficient (Wildman–Crippen LogP) is 4.01. The summed E-state index contributed by atoms with van der Waals surface area (Å²) in [6.45, 7) is 2.07. The zero-order valence-electron chi connectivity index (χ0n) is 9.53. The molecule has 0 atom stereocenters. The lowest BCUT2D eigenvalue weighted by Crippen LogP contribution is -1.94. The molecule has 1 N–H and O–H groups in total. The molecule has 0 unspecified atom stereocenters. The normalized spacial score (nSPS) is 11.1. The van der Waals surface area contributed by atoms with Crippen molar-refractivity contribution in [3.8, 4) is 0 Å². The molecule has 0 aliphatic carbocycles. The van der Waals surface area contributed by atoms with Crippen molar-refractivity contribution in [1.29, 1.82) is 0 Å². The molecule has 3 heteroatoms. The first-order chi connectivity index (χ1) is 8.28. The number of nitrogens with zero attached hydrogens (tertiary/aromatic N) is 1. The van der Waals surface area contributed by atoms with E-state index in [0.29, 0.717) is 4.64 Å². The van der Waals surface area contributed by atoms with Crippen LogP contribution in [0, 0.1) is 4.64 Å². The second kappa shape index (κ2) is 3.93. The first kappa shape index (κ1) is 10.4. The number of hydrogen-bond donors (Lipinski definition) is 1. The molecule has 3 aromatic rings. The minimum absolute atomic E-state index is 0.682. The van der Waals surface area contributed by atoms with Gasteiger partial charge in [-0.15, -0.1) is 0 Å². The number of aromatic amines is 1. The fraction of sp³-hybridized carbons (Fsp3) is 0.143. The van der Waals surface area contributed by atoms with Crippen LogP contribution in [-0.2, 0) is 6.42 Å². The molecule has 84 valence electrons. The topological polar surface area (TPSA) is 28.7 Å². The summed E-state index contributed by atoms with van der Waals surface area (Å²) >= 11 is 5.34. The van der Waals surface area contributed by atoms with Crippen molar-refractivity contribution < 1.29 is 0 Å². The second-order valence-electron chi connectivity index (χ2n) is 4.09. The van der Waals surface area contributed by atoms with E-state index < -0.39 is 0 Å². The molecule has 2 aromatic carbocycles. The van der Waals surface area contributed by atoms with Crippen LogP contribution < -0.4 is 0 Å². The van der Waals surface area contributed by atoms with Gasteiger partial charge in [0.1, 0.15) is 10.5 Å². The number of fused-ring (bicyclic) bond motifs is 2. The highest BCUT2D eigenvalue weighted by molar-refractivity contribution is 7.71. The zero-order chi connectivity index (χ0) is 11.8. The van der Waals surface area contributed by atoms with E-state index >= 15 is 0 Å². The van der Waals surface area contributed by atoms with Crippen molar-refractivity contribution in [3.05, 3.63) is 46.9 Å². The van der Waals surface area contributed by atoms with Crippen LogP contribution in [0.15, 0.2) is 36.4 Å². The molecule has 0 radical (unpaired) electrons. The van der Waals surface area contributed by atoms with Crippen molar-refractivity contribution in [2.24, 2.45) is 0 Å². The van der Waals surface area contributed by atoms with E-state index in [1.807, 2.05) is 12.1 Å². The van der Waals surface area contributed by atoms with Crippen LogP contribution in [-0.4, -0.2) is 9.97 Å². The third-order valence-corrected chi connectivity index (χ3v) is 3.28. The summed E-state index contributed by atoms with van der Waals surface area (Å²) in [7, 11) is 0. The summed E-state index contributed by atoms with van der Waals surface area (Å²) in [4.78, 5) is 7.72. The molecule has 1 aromatic heterocycles. The standard InChI is InChI=1S/C14H12N2S/c1-2-13-15-12-8-10-6-4-3-5-9(10)7-11(12)14(17)16-13/h3-8H,2H2,1H3,(H,15,16,17). The van der Waals surface area contributed by atoms with Gasteiger partial charge in [-0.2, -0.15) is 0 Å². The number of H-pyrrole nitrogens is 1. The monoisotopic (exact) mass is 240 g/mol. The molecule has 0 saturated heterocycles. The van der Waals surface area contributed by atoms with Gasteiger partial charge in [-0.3, -0.25) is 0 Å². The van der Waals surface area contributed by atoms with Gasteiger partial charge in [-0.1, -0.05) is 43.4 Å². The zero-order valence-corrected chi connectivity index (χ0v) is 10.3. The van der Waals surface area contributed by atoms with Crippen LogP contribution in [0.2, 0.25) is 0 Å². The van der Waals surface area contributed by atoms with E-state index in [9.17, 15) is 0 Å². The highest BCUT2D eigenvalue weighted by Gasteiger charge is 2.02. The maximum atomic E-state index is 5.34. The molecule has 0 fully saturated rings. The van der Waals surface area contributed by atoms with Crippen LogP contribution in [0.4, 0.5) is 0 Å². The average Bonchev–Trinajstić information content (AvgIpc) is 2.36. The Morgan fingerprint density at radius 2 is 1.88 bits per heavy atom. The van der Waals surface area contributed by atoms with Crippen LogP contribution in [0.25, 0.3) is 21.7 Å². The quantitative estimate of drug-likeness (QED) is 0.514. The third-order valence-electron chi connectivity index (χ3n) is 2.97. The van der Waals surface area contributed by atoms with Gasteiger partial charge < -0.3 is 4.98 Å². The number of aryl methyl sites for hydroxylation is 1. The first-order valence-corrected chi connectivity index (χ1v) is 6.10. The van der Waals surface area contributed by atoms with Crippen LogP contribution in [0.3, 0.4) is 0 Å². The molecule has 0 saturated carbocycles. The van der Waals surface area contributed by atoms with Crippen molar-refractivity contribution in [3.63, 3.8) is 0 Å². The summed E-state index contributed by atoms with van der Waals surface area (Å²) in [5.74, 6) is 0.942. The minimum atomic E-state index is 0.682. The summed E-state index contributed by atoms with van der Waals surface area (Å²) in [5, 5.41) is 3.44. The molecule has 0 aliphatic rings. The third kappa shape index (κ3) is 1.72. The summed E-state index contributed by atoms with van der Waals surface area (Å²) < 4.78 is 0.682. The lowest BCUT2D eigenvalue weighted by Gasteiger charge is -2.04. The molecule has 0 amide bonds. The molecular weight excluding hydrogens is 228 g/mol. The SMILES string of the molecule is CCc1nc(=S)c2cc3ccccc3cc2[nH]1. The van der Waals surface area contributed by atoms with E-state index in [2.05, 4.69) is 41.2 Å². The Morgan fingerprint density at radius 1 is 1.18 bits per heavy atom. The Morgan fingerprint density at radius 3 is 2.59 bits per heavy atom. The van der Waals surface area contributed by atoms with Crippen molar-refractivity contribution in [2.45, 2.75) is 13.3 Å². The molecule has 0 bridgehead atoms. The molecule has 0 aliphatic heterocycles. The van der Waals surface area contributed by atoms with Gasteiger partial charge in [-0.25, -0.2) is 4.98 Å². The van der Waals surface area contributed by atoms with Crippen molar-refractivity contribution in [1.82, 2.24) is 9.97 Å². The lowest BCUT2D eigenvalue weighted by atomic mass is 10.1. The fourth-order valence-corrected chi connectivity index (χ4v) is 2.33. The van der Waals surface area contributed by atoms with Gasteiger partial charge in [-0.05, 0) is 22.9 Å². The Kier molecular flexibility index (Phi) is 2.41. The molecule has 17 heavy (non-hydrogen) atoms. The Hall–Kier alpha value is -1.74. The van der Waals surface area contributed by atoms with Gasteiger partial charge in [0.25, 0.3) is 0 Å². The van der Waals surface area contributed by atoms with Gasteiger partial charge in [0.15, 0.2) is 0 Å². The Bertz CT molecular complexity index is 759. The van der Waals surface area contributed by atoms with Gasteiger partial charge in [0.05, 0.1) is 5.52 Å². The Labute approximate surface area is 104 Å². The number of aromatic nitrogens is 2. The first-order valence-electron chi connectivity index (χ1n) is 5.69. The second-order valence-corrected chi connectivity index (χ2v) is 4.47. The highest BCUT2D eigenvalue weighted by atomic mass is 32.1. The van der Waals surface area contributed by atoms with Crippen LogP contribution in [0.5, 0.6) is 0 Å². The number of hydrogen-bond acceptors (Lipinski definition) is 2. The van der Waals surface area contributed by atoms with Gasteiger partial charge >= 0.3 is 0 Å². The van der Waals surface area contributed by atoms with Gasteiger partial charge in [0, 0.05) is 11.8 Å². The molecular formula is C14H12N2S. The Balaban J connectivity index is 2.47. The summed E-state index contributed by atoms with van der Waals surface area (Å²) in [5.41, 5.74) is 1.07. The lowest BCUT2D eigenvalue weighted by molar-refractivity contribution is 0.955.